The number of aryl methyl sites for hydroxylation is 2. The van der Waals surface area contributed by atoms with Crippen molar-refractivity contribution in [3.8, 4) is 5.75 Å². The van der Waals surface area contributed by atoms with Crippen LogP contribution in [0.1, 0.15) is 27.4 Å². The summed E-state index contributed by atoms with van der Waals surface area (Å²) in [6.45, 7) is 0.798. The number of urea groups is 1. The third kappa shape index (κ3) is 5.76. The molecule has 0 radical (unpaired) electrons. The molecule has 0 aliphatic carbocycles. The minimum Gasteiger partial charge on any atom is -0.466 e. The first kappa shape index (κ1) is 19.2. The number of halogens is 2. The summed E-state index contributed by atoms with van der Waals surface area (Å²) >= 11 is 0. The molecule has 3 N–H and O–H groups in total. The highest BCUT2D eigenvalue weighted by atomic mass is 19.3. The minimum absolute atomic E-state index is 0.0712. The van der Waals surface area contributed by atoms with E-state index in [2.05, 4.69) is 20.9 Å². The highest BCUT2D eigenvalue weighted by molar-refractivity contribution is 5.96. The van der Waals surface area contributed by atoms with Gasteiger partial charge in [0.2, 0.25) is 0 Å². The van der Waals surface area contributed by atoms with E-state index in [0.717, 1.165) is 5.56 Å². The van der Waals surface area contributed by atoms with Gasteiger partial charge >= 0.3 is 12.6 Å². The molecule has 1 aromatic carbocycles. The van der Waals surface area contributed by atoms with Crippen LogP contribution in [0.5, 0.6) is 5.75 Å². The number of carbonyl (C=O) groups excluding carboxylic acids is 2. The van der Waals surface area contributed by atoms with E-state index in [1.807, 2.05) is 0 Å². The molecule has 3 amide bonds. The Bertz CT molecular complexity index is 760. The van der Waals surface area contributed by atoms with Gasteiger partial charge in [0, 0.05) is 6.54 Å². The molecule has 7 nitrogen and oxygen atoms in total. The maximum Gasteiger partial charge on any atom is 0.387 e. The molecule has 1 heterocycles. The largest absolute Gasteiger partial charge is 0.466 e. The number of hydrogen-bond donors (Lipinski definition) is 3. The highest BCUT2D eigenvalue weighted by Gasteiger charge is 2.13. The van der Waals surface area contributed by atoms with E-state index in [9.17, 15) is 18.4 Å². The summed E-state index contributed by atoms with van der Waals surface area (Å²) in [6.07, 6.45) is 0.482. The molecule has 9 heteroatoms. The zero-order valence-electron chi connectivity index (χ0n) is 14.3. The summed E-state index contributed by atoms with van der Waals surface area (Å²) in [7, 11) is 0. The predicted molar refractivity (Wildman–Crippen MR) is 89.0 cm³/mol. The van der Waals surface area contributed by atoms with Gasteiger partial charge < -0.3 is 14.5 Å². The number of benzene rings is 1. The van der Waals surface area contributed by atoms with Crippen LogP contribution in [0.2, 0.25) is 0 Å². The standard InChI is InChI=1S/C17H19F2N3O4/c1-10-9-14(11(2)25-10)15(23)21-22-17(24)20-8-7-12-3-5-13(6-4-12)26-16(18)19/h3-6,9,16H,7-8H2,1-2H3,(H,21,23)(H2,20,22,24). The quantitative estimate of drug-likeness (QED) is 0.685. The molecule has 1 aromatic heterocycles. The van der Waals surface area contributed by atoms with Crippen molar-refractivity contribution in [3.05, 3.63) is 53.0 Å². The van der Waals surface area contributed by atoms with E-state index >= 15 is 0 Å². The molecule has 140 valence electrons. The molecule has 0 aliphatic rings. The second-order valence-corrected chi connectivity index (χ2v) is 5.43. The van der Waals surface area contributed by atoms with Gasteiger partial charge in [-0.3, -0.25) is 10.2 Å². The first-order valence-electron chi connectivity index (χ1n) is 7.80. The van der Waals surface area contributed by atoms with Crippen molar-refractivity contribution in [3.63, 3.8) is 0 Å². The SMILES string of the molecule is Cc1cc(C(=O)NNC(=O)NCCc2ccc(OC(F)F)cc2)c(C)o1. The third-order valence-corrected chi connectivity index (χ3v) is 3.42. The van der Waals surface area contributed by atoms with E-state index in [4.69, 9.17) is 4.42 Å². The Hall–Kier alpha value is -3.10. The van der Waals surface area contributed by atoms with E-state index in [-0.39, 0.29) is 5.75 Å². The zero-order chi connectivity index (χ0) is 19.1. The summed E-state index contributed by atoms with van der Waals surface area (Å²) in [5.41, 5.74) is 5.69. The molecule has 0 saturated carbocycles. The van der Waals surface area contributed by atoms with Gasteiger partial charge in [0.25, 0.3) is 5.91 Å². The van der Waals surface area contributed by atoms with Crippen LogP contribution in [0.4, 0.5) is 13.6 Å². The van der Waals surface area contributed by atoms with Crippen molar-refractivity contribution in [2.24, 2.45) is 0 Å². The summed E-state index contributed by atoms with van der Waals surface area (Å²) in [6, 6.07) is 7.11. The molecule has 0 saturated heterocycles. The lowest BCUT2D eigenvalue weighted by Gasteiger charge is -2.09. The number of ether oxygens (including phenoxy) is 1. The Morgan fingerprint density at radius 3 is 2.42 bits per heavy atom. The van der Waals surface area contributed by atoms with Crippen LogP contribution in [0.3, 0.4) is 0 Å². The Kier molecular flexibility index (Phi) is 6.54. The topological polar surface area (TPSA) is 92.6 Å². The average Bonchev–Trinajstić information content (AvgIpc) is 2.92. The Morgan fingerprint density at radius 2 is 1.85 bits per heavy atom. The van der Waals surface area contributed by atoms with Crippen molar-refractivity contribution >= 4 is 11.9 Å². The van der Waals surface area contributed by atoms with E-state index in [0.29, 0.717) is 30.0 Å². The Labute approximate surface area is 148 Å². The van der Waals surface area contributed by atoms with Crippen molar-refractivity contribution < 1.29 is 27.5 Å². The minimum atomic E-state index is -2.86. The van der Waals surface area contributed by atoms with Crippen LogP contribution in [0.15, 0.2) is 34.7 Å². The maximum absolute atomic E-state index is 12.1. The van der Waals surface area contributed by atoms with Gasteiger partial charge in [0.15, 0.2) is 0 Å². The molecule has 0 unspecified atom stereocenters. The second kappa shape index (κ2) is 8.84. The van der Waals surface area contributed by atoms with Crippen LogP contribution in [-0.2, 0) is 6.42 Å². The van der Waals surface area contributed by atoms with Crippen molar-refractivity contribution in [2.45, 2.75) is 26.9 Å². The number of alkyl halides is 2. The molecule has 26 heavy (non-hydrogen) atoms. The van der Waals surface area contributed by atoms with E-state index in [1.165, 1.54) is 12.1 Å². The number of hydrogen-bond acceptors (Lipinski definition) is 4. The van der Waals surface area contributed by atoms with Crippen molar-refractivity contribution in [2.75, 3.05) is 6.54 Å². The number of hydrazine groups is 1. The van der Waals surface area contributed by atoms with Gasteiger partial charge in [-0.15, -0.1) is 0 Å². The number of nitrogens with one attached hydrogen (secondary N) is 3. The molecule has 0 fully saturated rings. The van der Waals surface area contributed by atoms with Crippen molar-refractivity contribution in [1.82, 2.24) is 16.2 Å². The van der Waals surface area contributed by atoms with Gasteiger partial charge in [-0.25, -0.2) is 10.2 Å². The van der Waals surface area contributed by atoms with E-state index < -0.39 is 18.5 Å². The summed E-state index contributed by atoms with van der Waals surface area (Å²) < 4.78 is 33.6. The molecule has 0 spiro atoms. The first-order chi connectivity index (χ1) is 12.3. The Morgan fingerprint density at radius 1 is 1.15 bits per heavy atom. The average molecular weight is 367 g/mol. The zero-order valence-corrected chi connectivity index (χ0v) is 14.3. The number of amides is 3. The fraction of sp³-hybridized carbons (Fsp3) is 0.294. The predicted octanol–water partition coefficient (Wildman–Crippen LogP) is 2.68. The lowest BCUT2D eigenvalue weighted by Crippen LogP contribution is -2.47. The van der Waals surface area contributed by atoms with E-state index in [1.54, 1.807) is 32.0 Å². The highest BCUT2D eigenvalue weighted by Crippen LogP contribution is 2.15. The van der Waals surface area contributed by atoms with Gasteiger partial charge in [-0.2, -0.15) is 8.78 Å². The van der Waals surface area contributed by atoms with Crippen LogP contribution < -0.4 is 20.9 Å². The molecular weight excluding hydrogens is 348 g/mol. The normalized spacial score (nSPS) is 10.5. The van der Waals surface area contributed by atoms with Crippen LogP contribution in [0, 0.1) is 13.8 Å². The summed E-state index contributed by atoms with van der Waals surface area (Å²) in [4.78, 5) is 23.6. The second-order valence-electron chi connectivity index (χ2n) is 5.43. The monoisotopic (exact) mass is 367 g/mol. The fourth-order valence-electron chi connectivity index (χ4n) is 2.24. The molecule has 0 atom stereocenters. The third-order valence-electron chi connectivity index (χ3n) is 3.42. The number of rotatable bonds is 6. The van der Waals surface area contributed by atoms with Gasteiger partial charge in [-0.1, -0.05) is 12.1 Å². The van der Waals surface area contributed by atoms with Crippen molar-refractivity contribution in [1.29, 1.82) is 0 Å². The molecular formula is C17H19F2N3O4. The van der Waals surface area contributed by atoms with Gasteiger partial charge in [0.05, 0.1) is 5.56 Å². The maximum atomic E-state index is 12.1. The van der Waals surface area contributed by atoms with Gasteiger partial charge in [0.1, 0.15) is 17.3 Å². The number of furan rings is 1. The summed E-state index contributed by atoms with van der Waals surface area (Å²) in [5, 5.41) is 2.57. The number of carbonyl (C=O) groups is 2. The smallest absolute Gasteiger partial charge is 0.387 e. The van der Waals surface area contributed by atoms with Gasteiger partial charge in [-0.05, 0) is 44.0 Å². The van der Waals surface area contributed by atoms with Crippen LogP contribution in [0.25, 0.3) is 0 Å². The fourth-order valence-corrected chi connectivity index (χ4v) is 2.24. The molecule has 0 aliphatic heterocycles. The lowest BCUT2D eigenvalue weighted by molar-refractivity contribution is -0.0498. The molecule has 2 aromatic rings. The molecule has 2 rings (SSSR count). The van der Waals surface area contributed by atoms with Crippen LogP contribution in [-0.4, -0.2) is 25.1 Å². The summed E-state index contributed by atoms with van der Waals surface area (Å²) in [5.74, 6) is 0.648. The Balaban J connectivity index is 1.70. The first-order valence-corrected chi connectivity index (χ1v) is 7.80. The molecule has 0 bridgehead atoms. The lowest BCUT2D eigenvalue weighted by atomic mass is 10.1. The van der Waals surface area contributed by atoms with Crippen LogP contribution >= 0.6 is 0 Å².